The minimum atomic E-state index is -0.526. The van der Waals surface area contributed by atoms with Crippen LogP contribution in [0.1, 0.15) is 27.7 Å². The van der Waals surface area contributed by atoms with Crippen LogP contribution in [0.15, 0.2) is 0 Å². The van der Waals surface area contributed by atoms with Crippen LogP contribution in [0, 0.1) is 0 Å². The first-order valence-electron chi connectivity index (χ1n) is 4.60. The summed E-state index contributed by atoms with van der Waals surface area (Å²) in [6.45, 7) is 6.96. The minimum Gasteiger partial charge on any atom is -0.444 e. The van der Waals surface area contributed by atoms with Gasteiger partial charge in [-0.1, -0.05) is 11.8 Å². The number of hydrogen-bond donors (Lipinski definition) is 1. The van der Waals surface area contributed by atoms with Crippen LogP contribution in [0.5, 0.6) is 0 Å². The molecule has 2 radical (unpaired) electrons. The molecule has 1 atom stereocenters. The highest BCUT2D eigenvalue weighted by molar-refractivity contribution is 8.14. The van der Waals surface area contributed by atoms with Gasteiger partial charge in [-0.05, 0) is 25.9 Å². The lowest BCUT2D eigenvalue weighted by molar-refractivity contribution is -0.109. The third-order valence-electron chi connectivity index (χ3n) is 1.16. The van der Waals surface area contributed by atoms with Crippen LogP contribution in [-0.2, 0) is 9.53 Å². The van der Waals surface area contributed by atoms with Crippen LogP contribution in [0.2, 0.25) is 0 Å². The van der Waals surface area contributed by atoms with Crippen molar-refractivity contribution in [3.8, 4) is 0 Å². The van der Waals surface area contributed by atoms with Crippen molar-refractivity contribution in [2.24, 2.45) is 0 Å². The Kier molecular flexibility index (Phi) is 5.79. The largest absolute Gasteiger partial charge is 0.444 e. The molecule has 0 aliphatic rings. The molecule has 1 amide bonds. The summed E-state index contributed by atoms with van der Waals surface area (Å²) >= 11 is 0.983. The van der Waals surface area contributed by atoms with E-state index in [1.54, 1.807) is 20.8 Å². The molecule has 0 rings (SSSR count). The summed E-state index contributed by atoms with van der Waals surface area (Å²) in [4.78, 5) is 21.8. The Bertz CT molecular complexity index is 240. The van der Waals surface area contributed by atoms with E-state index in [0.717, 1.165) is 11.8 Å². The zero-order chi connectivity index (χ0) is 12.1. The smallest absolute Gasteiger partial charge is 0.407 e. The molecule has 0 aliphatic carbocycles. The van der Waals surface area contributed by atoms with Crippen molar-refractivity contribution in [1.82, 2.24) is 5.32 Å². The maximum Gasteiger partial charge on any atom is 0.407 e. The Morgan fingerprint density at radius 2 is 2.00 bits per heavy atom. The van der Waals surface area contributed by atoms with Crippen LogP contribution in [0.3, 0.4) is 0 Å². The summed E-state index contributed by atoms with van der Waals surface area (Å²) < 4.78 is 4.99. The lowest BCUT2D eigenvalue weighted by Crippen LogP contribution is -2.36. The first kappa shape index (κ1) is 14.4. The molecule has 0 aromatic carbocycles. The SMILES string of the molecule is [B]C(CNC(=O)OC(C)(C)C)SC(C)=O. The van der Waals surface area contributed by atoms with Gasteiger partial charge < -0.3 is 10.1 Å². The summed E-state index contributed by atoms with van der Waals surface area (Å²) in [5, 5.41) is 1.97. The number of carbonyl (C=O) groups excluding carboxylic acids is 2. The van der Waals surface area contributed by atoms with Gasteiger partial charge in [0.1, 0.15) is 5.60 Å². The Hall–Kier alpha value is -0.645. The Morgan fingerprint density at radius 3 is 2.40 bits per heavy atom. The number of ether oxygens (including phenoxy) is 1. The fourth-order valence-corrected chi connectivity index (χ4v) is 1.35. The summed E-state index contributed by atoms with van der Waals surface area (Å²) in [5.74, 6) is 0. The number of thioether (sulfide) groups is 1. The van der Waals surface area contributed by atoms with Crippen LogP contribution in [-0.4, -0.2) is 36.3 Å². The van der Waals surface area contributed by atoms with E-state index in [2.05, 4.69) is 5.32 Å². The molecule has 0 aromatic heterocycles. The normalized spacial score (nSPS) is 13.1. The highest BCUT2D eigenvalue weighted by atomic mass is 32.2. The Balaban J connectivity index is 3.76. The van der Waals surface area contributed by atoms with E-state index in [0.29, 0.717) is 0 Å². The van der Waals surface area contributed by atoms with Crippen molar-refractivity contribution >= 4 is 30.8 Å². The molecule has 15 heavy (non-hydrogen) atoms. The van der Waals surface area contributed by atoms with E-state index in [4.69, 9.17) is 12.6 Å². The van der Waals surface area contributed by atoms with Crippen LogP contribution >= 0.6 is 11.8 Å². The third kappa shape index (κ3) is 9.65. The number of alkyl carbamates (subject to hydrolysis) is 1. The van der Waals surface area contributed by atoms with Crippen LogP contribution in [0.4, 0.5) is 4.79 Å². The summed E-state index contributed by atoms with van der Waals surface area (Å²) in [6, 6.07) is 0. The maximum atomic E-state index is 11.2. The molecule has 0 bridgehead atoms. The zero-order valence-electron chi connectivity index (χ0n) is 9.49. The highest BCUT2D eigenvalue weighted by Gasteiger charge is 2.16. The second-order valence-electron chi connectivity index (χ2n) is 4.03. The average molecular weight is 229 g/mol. The van der Waals surface area contributed by atoms with Crippen molar-refractivity contribution in [2.75, 3.05) is 6.54 Å². The van der Waals surface area contributed by atoms with E-state index in [-0.39, 0.29) is 11.7 Å². The van der Waals surface area contributed by atoms with Gasteiger partial charge in [0.05, 0.1) is 7.85 Å². The number of nitrogens with one attached hydrogen (secondary N) is 1. The monoisotopic (exact) mass is 229 g/mol. The molecule has 0 spiro atoms. The van der Waals surface area contributed by atoms with E-state index in [9.17, 15) is 9.59 Å². The summed E-state index contributed by atoms with van der Waals surface area (Å²) in [6.07, 6.45) is -0.526. The molecule has 0 heterocycles. The second-order valence-corrected chi connectivity index (χ2v) is 5.45. The molecule has 84 valence electrons. The van der Waals surface area contributed by atoms with Gasteiger partial charge in [0.2, 0.25) is 0 Å². The van der Waals surface area contributed by atoms with Crippen molar-refractivity contribution in [1.29, 1.82) is 0 Å². The van der Waals surface area contributed by atoms with Gasteiger partial charge in [-0.3, -0.25) is 4.79 Å². The topological polar surface area (TPSA) is 55.4 Å². The molecule has 0 fully saturated rings. The van der Waals surface area contributed by atoms with E-state index in [1.807, 2.05) is 0 Å². The zero-order valence-corrected chi connectivity index (χ0v) is 10.3. The molecule has 0 saturated heterocycles. The number of amides is 1. The molecule has 0 saturated carbocycles. The third-order valence-corrected chi connectivity index (χ3v) is 1.97. The quantitative estimate of drug-likeness (QED) is 0.741. The van der Waals surface area contributed by atoms with Crippen LogP contribution < -0.4 is 5.32 Å². The van der Waals surface area contributed by atoms with Gasteiger partial charge in [-0.25, -0.2) is 4.79 Å². The van der Waals surface area contributed by atoms with Gasteiger partial charge in [-0.15, -0.1) is 0 Å². The average Bonchev–Trinajstić information content (AvgIpc) is 1.96. The Labute approximate surface area is 95.9 Å². The first-order valence-corrected chi connectivity index (χ1v) is 5.48. The van der Waals surface area contributed by atoms with E-state index < -0.39 is 16.8 Å². The molecule has 4 nitrogen and oxygen atoms in total. The fraction of sp³-hybridized carbons (Fsp3) is 0.778. The molecule has 6 heteroatoms. The lowest BCUT2D eigenvalue weighted by Gasteiger charge is -2.20. The van der Waals surface area contributed by atoms with Gasteiger partial charge in [0.25, 0.3) is 0 Å². The van der Waals surface area contributed by atoms with Gasteiger partial charge in [0, 0.05) is 13.5 Å². The molecule has 1 N–H and O–H groups in total. The summed E-state index contributed by atoms with van der Waals surface area (Å²) in [5.41, 5.74) is -0.526. The maximum absolute atomic E-state index is 11.2. The predicted molar refractivity (Wildman–Crippen MR) is 62.1 cm³/mol. The van der Waals surface area contributed by atoms with Crippen molar-refractivity contribution < 1.29 is 14.3 Å². The van der Waals surface area contributed by atoms with Gasteiger partial charge in [-0.2, -0.15) is 0 Å². The number of rotatable bonds is 3. The van der Waals surface area contributed by atoms with E-state index >= 15 is 0 Å². The van der Waals surface area contributed by atoms with Crippen molar-refractivity contribution in [3.63, 3.8) is 0 Å². The molecule has 0 aliphatic heterocycles. The lowest BCUT2D eigenvalue weighted by atomic mass is 10.1. The standard InChI is InChI=1S/C9H16BNO3S/c1-6(12)15-7(10)5-11-8(13)14-9(2,3)4/h7H,5H2,1-4H3,(H,11,13). The Morgan fingerprint density at radius 1 is 1.47 bits per heavy atom. The van der Waals surface area contributed by atoms with Crippen molar-refractivity contribution in [3.05, 3.63) is 0 Å². The fourth-order valence-electron chi connectivity index (χ4n) is 0.753. The van der Waals surface area contributed by atoms with Crippen LogP contribution in [0.25, 0.3) is 0 Å². The second kappa shape index (κ2) is 6.05. The minimum absolute atomic E-state index is 0.0755. The van der Waals surface area contributed by atoms with Gasteiger partial charge in [0.15, 0.2) is 5.12 Å². The van der Waals surface area contributed by atoms with Gasteiger partial charge >= 0.3 is 6.09 Å². The van der Waals surface area contributed by atoms with Crippen molar-refractivity contribution in [2.45, 2.75) is 38.4 Å². The molecule has 0 aromatic rings. The first-order chi connectivity index (χ1) is 6.70. The molecule has 1 unspecified atom stereocenters. The highest BCUT2D eigenvalue weighted by Crippen LogP contribution is 2.08. The molecular formula is C9H16BNO3S. The molecular weight excluding hydrogens is 213 g/mol. The van der Waals surface area contributed by atoms with E-state index in [1.165, 1.54) is 6.92 Å². The predicted octanol–water partition coefficient (Wildman–Crippen LogP) is 1.29. The number of carbonyl (C=O) groups is 2. The summed E-state index contributed by atoms with van der Waals surface area (Å²) in [7, 11) is 5.56. The number of hydrogen-bond acceptors (Lipinski definition) is 4.